The Morgan fingerprint density at radius 1 is 0.607 bits per heavy atom. The van der Waals surface area contributed by atoms with Crippen molar-refractivity contribution in [3.8, 4) is 0 Å². The summed E-state index contributed by atoms with van der Waals surface area (Å²) in [5, 5.41) is 8.73. The quantitative estimate of drug-likeness (QED) is 0.175. The molecule has 0 aromatic heterocycles. The average molecular weight is 395 g/mol. The van der Waals surface area contributed by atoms with Gasteiger partial charge in [0, 0.05) is 6.42 Å². The maximum absolute atomic E-state index is 10.6. The minimum absolute atomic E-state index is 0.329. The van der Waals surface area contributed by atoms with E-state index in [4.69, 9.17) is 5.11 Å². The molecular formula is C26H50O2. The van der Waals surface area contributed by atoms with Gasteiger partial charge in [0.2, 0.25) is 0 Å². The standard InChI is InChI=1S/C26H50O2/c1-6-7-8-9-11-14-17-24(20-22(2)3)25(21-23(4)5)18-15-12-10-13-16-19-26(27)28/h22-23H,6-21H2,1-5H3,(H,27,28)/b25-24-. The summed E-state index contributed by atoms with van der Waals surface area (Å²) < 4.78 is 0. The second kappa shape index (κ2) is 18.3. The summed E-state index contributed by atoms with van der Waals surface area (Å²) in [5.41, 5.74) is 3.52. The van der Waals surface area contributed by atoms with Crippen molar-refractivity contribution in [2.75, 3.05) is 0 Å². The van der Waals surface area contributed by atoms with E-state index in [1.807, 2.05) is 0 Å². The van der Waals surface area contributed by atoms with Crippen molar-refractivity contribution < 1.29 is 9.90 Å². The Balaban J connectivity index is 4.56. The monoisotopic (exact) mass is 394 g/mol. The minimum Gasteiger partial charge on any atom is -0.481 e. The van der Waals surface area contributed by atoms with E-state index in [9.17, 15) is 4.79 Å². The van der Waals surface area contributed by atoms with Gasteiger partial charge in [0.15, 0.2) is 0 Å². The Hall–Kier alpha value is -0.790. The number of hydrogen-bond acceptors (Lipinski definition) is 1. The average Bonchev–Trinajstić information content (AvgIpc) is 2.61. The first-order chi connectivity index (χ1) is 13.4. The third kappa shape index (κ3) is 17.3. The maximum Gasteiger partial charge on any atom is 0.303 e. The molecule has 0 heterocycles. The number of carbonyl (C=O) groups is 1. The first kappa shape index (κ1) is 27.2. The summed E-state index contributed by atoms with van der Waals surface area (Å²) in [6.07, 6.45) is 19.3. The molecule has 28 heavy (non-hydrogen) atoms. The molecule has 0 aliphatic carbocycles. The zero-order valence-corrected chi connectivity index (χ0v) is 19.8. The lowest BCUT2D eigenvalue weighted by Crippen LogP contribution is -2.02. The Labute approximate surface area is 176 Å². The van der Waals surface area contributed by atoms with E-state index in [0.29, 0.717) is 6.42 Å². The summed E-state index contributed by atoms with van der Waals surface area (Å²) in [4.78, 5) is 10.6. The number of allylic oxidation sites excluding steroid dienone is 2. The lowest BCUT2D eigenvalue weighted by Gasteiger charge is -2.20. The minimum atomic E-state index is -0.657. The molecular weight excluding hydrogens is 344 g/mol. The zero-order chi connectivity index (χ0) is 21.2. The fraction of sp³-hybridized carbons (Fsp3) is 0.885. The Kier molecular flexibility index (Phi) is 17.7. The zero-order valence-electron chi connectivity index (χ0n) is 19.8. The van der Waals surface area contributed by atoms with E-state index in [0.717, 1.165) is 24.7 Å². The fourth-order valence-electron chi connectivity index (χ4n) is 4.10. The normalized spacial score (nSPS) is 12.7. The topological polar surface area (TPSA) is 37.3 Å². The van der Waals surface area contributed by atoms with Crippen LogP contribution < -0.4 is 0 Å². The summed E-state index contributed by atoms with van der Waals surface area (Å²) in [6.45, 7) is 11.7. The van der Waals surface area contributed by atoms with Crippen LogP contribution in [0.25, 0.3) is 0 Å². The molecule has 0 aromatic carbocycles. The molecule has 0 radical (unpaired) electrons. The van der Waals surface area contributed by atoms with Crippen LogP contribution in [-0.4, -0.2) is 11.1 Å². The second-order valence-corrected chi connectivity index (χ2v) is 9.58. The molecule has 0 spiro atoms. The predicted octanol–water partition coefficient (Wildman–Crippen LogP) is 8.94. The van der Waals surface area contributed by atoms with Gasteiger partial charge in [-0.1, -0.05) is 97.1 Å². The molecule has 2 nitrogen and oxygen atoms in total. The van der Waals surface area contributed by atoms with Crippen molar-refractivity contribution >= 4 is 5.97 Å². The van der Waals surface area contributed by atoms with Crippen LogP contribution in [0.4, 0.5) is 0 Å². The highest BCUT2D eigenvalue weighted by Crippen LogP contribution is 2.29. The molecule has 2 heteroatoms. The van der Waals surface area contributed by atoms with E-state index in [2.05, 4.69) is 34.6 Å². The van der Waals surface area contributed by atoms with Gasteiger partial charge < -0.3 is 5.11 Å². The number of carboxylic acids is 1. The highest BCUT2D eigenvalue weighted by atomic mass is 16.4. The van der Waals surface area contributed by atoms with Crippen molar-refractivity contribution in [2.24, 2.45) is 11.8 Å². The van der Waals surface area contributed by atoms with Crippen LogP contribution >= 0.6 is 0 Å². The fourth-order valence-corrected chi connectivity index (χ4v) is 4.10. The van der Waals surface area contributed by atoms with Gasteiger partial charge in [-0.25, -0.2) is 0 Å². The van der Waals surface area contributed by atoms with Gasteiger partial charge in [0.05, 0.1) is 0 Å². The molecule has 166 valence electrons. The van der Waals surface area contributed by atoms with Crippen LogP contribution in [0.2, 0.25) is 0 Å². The molecule has 0 aromatic rings. The van der Waals surface area contributed by atoms with Crippen molar-refractivity contribution in [3.05, 3.63) is 11.1 Å². The summed E-state index contributed by atoms with van der Waals surface area (Å²) in [5.74, 6) is 0.820. The molecule has 0 bridgehead atoms. The summed E-state index contributed by atoms with van der Waals surface area (Å²) in [7, 11) is 0. The van der Waals surface area contributed by atoms with E-state index in [-0.39, 0.29) is 0 Å². The van der Waals surface area contributed by atoms with Crippen LogP contribution in [-0.2, 0) is 4.79 Å². The molecule has 0 atom stereocenters. The van der Waals surface area contributed by atoms with E-state index in [1.54, 1.807) is 11.1 Å². The van der Waals surface area contributed by atoms with E-state index in [1.165, 1.54) is 83.5 Å². The lowest BCUT2D eigenvalue weighted by atomic mass is 9.87. The second-order valence-electron chi connectivity index (χ2n) is 9.58. The Morgan fingerprint density at radius 3 is 1.32 bits per heavy atom. The van der Waals surface area contributed by atoms with Gasteiger partial charge >= 0.3 is 5.97 Å². The molecule has 0 aliphatic heterocycles. The van der Waals surface area contributed by atoms with E-state index >= 15 is 0 Å². The largest absolute Gasteiger partial charge is 0.481 e. The Morgan fingerprint density at radius 2 is 0.964 bits per heavy atom. The van der Waals surface area contributed by atoms with Crippen LogP contribution in [0.3, 0.4) is 0 Å². The smallest absolute Gasteiger partial charge is 0.303 e. The number of carboxylic acid groups (broad SMARTS) is 1. The summed E-state index contributed by atoms with van der Waals surface area (Å²) >= 11 is 0. The summed E-state index contributed by atoms with van der Waals surface area (Å²) in [6, 6.07) is 0. The molecule has 1 N–H and O–H groups in total. The third-order valence-electron chi connectivity index (χ3n) is 5.51. The third-order valence-corrected chi connectivity index (χ3v) is 5.51. The first-order valence-electron chi connectivity index (χ1n) is 12.3. The number of unbranched alkanes of at least 4 members (excludes halogenated alkanes) is 9. The molecule has 0 saturated carbocycles. The van der Waals surface area contributed by atoms with Gasteiger partial charge in [-0.2, -0.15) is 0 Å². The van der Waals surface area contributed by atoms with Crippen LogP contribution in [0.15, 0.2) is 11.1 Å². The number of rotatable bonds is 19. The van der Waals surface area contributed by atoms with Gasteiger partial charge in [-0.15, -0.1) is 0 Å². The maximum atomic E-state index is 10.6. The van der Waals surface area contributed by atoms with Gasteiger partial charge in [-0.05, 0) is 56.8 Å². The van der Waals surface area contributed by atoms with Gasteiger partial charge in [-0.3, -0.25) is 4.79 Å². The lowest BCUT2D eigenvalue weighted by molar-refractivity contribution is -0.137. The van der Waals surface area contributed by atoms with Crippen molar-refractivity contribution in [2.45, 2.75) is 137 Å². The highest BCUT2D eigenvalue weighted by Gasteiger charge is 2.11. The van der Waals surface area contributed by atoms with Gasteiger partial charge in [0.25, 0.3) is 0 Å². The van der Waals surface area contributed by atoms with Crippen molar-refractivity contribution in [1.82, 2.24) is 0 Å². The van der Waals surface area contributed by atoms with Crippen LogP contribution in [0, 0.1) is 11.8 Å². The predicted molar refractivity (Wildman–Crippen MR) is 124 cm³/mol. The van der Waals surface area contributed by atoms with Crippen molar-refractivity contribution in [1.29, 1.82) is 0 Å². The molecule has 0 fully saturated rings. The number of hydrogen-bond donors (Lipinski definition) is 1. The molecule has 0 unspecified atom stereocenters. The Bertz CT molecular complexity index is 407. The van der Waals surface area contributed by atoms with Crippen LogP contribution in [0.1, 0.15) is 137 Å². The molecule has 0 amide bonds. The van der Waals surface area contributed by atoms with Gasteiger partial charge in [0.1, 0.15) is 0 Å². The van der Waals surface area contributed by atoms with Crippen molar-refractivity contribution in [3.63, 3.8) is 0 Å². The van der Waals surface area contributed by atoms with Crippen LogP contribution in [0.5, 0.6) is 0 Å². The molecule has 0 rings (SSSR count). The molecule has 0 aliphatic rings. The number of aliphatic carboxylic acids is 1. The van der Waals surface area contributed by atoms with E-state index < -0.39 is 5.97 Å². The SMILES string of the molecule is CCCCCCCC/C(CC(C)C)=C(\CCCCCCCC(=O)O)CC(C)C. The highest BCUT2D eigenvalue weighted by molar-refractivity contribution is 5.66. The first-order valence-corrected chi connectivity index (χ1v) is 12.3. The molecule has 0 saturated heterocycles.